The number of likely N-dealkylation sites (N-methyl/N-ethyl adjacent to an activating group) is 1. The molecule has 0 aliphatic rings. The molecule has 0 aliphatic carbocycles. The highest BCUT2D eigenvalue weighted by molar-refractivity contribution is 7.98. The van der Waals surface area contributed by atoms with Crippen molar-refractivity contribution in [3.05, 3.63) is 53.1 Å². The third-order valence-corrected chi connectivity index (χ3v) is 6.37. The van der Waals surface area contributed by atoms with Crippen molar-refractivity contribution in [2.75, 3.05) is 38.3 Å². The van der Waals surface area contributed by atoms with Crippen molar-refractivity contribution in [2.45, 2.75) is 18.7 Å². The van der Waals surface area contributed by atoms with E-state index < -0.39 is 0 Å². The normalized spacial score (nSPS) is 11.3. The van der Waals surface area contributed by atoms with Crippen LogP contribution >= 0.6 is 23.1 Å². The number of hydrogen-bond acceptors (Lipinski definition) is 5. The summed E-state index contributed by atoms with van der Waals surface area (Å²) in [4.78, 5) is 23.1. The van der Waals surface area contributed by atoms with Gasteiger partial charge < -0.3 is 4.90 Å². The van der Waals surface area contributed by atoms with E-state index in [0.29, 0.717) is 12.1 Å². The summed E-state index contributed by atoms with van der Waals surface area (Å²) in [6, 6.07) is 12.0. The number of rotatable bonds is 6. The average molecular weight is 400 g/mol. The van der Waals surface area contributed by atoms with Crippen LogP contribution in [0.15, 0.2) is 41.3 Å². The average Bonchev–Trinajstić information content (AvgIpc) is 3.05. The van der Waals surface area contributed by atoms with E-state index in [0.717, 1.165) is 26.8 Å². The largest absolute Gasteiger partial charge is 0.308 e. The maximum absolute atomic E-state index is 13.3. The third kappa shape index (κ3) is 4.51. The number of aryl methyl sites for hydroxylation is 2. The molecular weight excluding hydrogens is 374 g/mol. The van der Waals surface area contributed by atoms with Crippen molar-refractivity contribution in [3.8, 4) is 0 Å². The van der Waals surface area contributed by atoms with Gasteiger partial charge in [0.25, 0.3) is 5.91 Å². The Kier molecular flexibility index (Phi) is 6.19. The van der Waals surface area contributed by atoms with Crippen LogP contribution in [0.25, 0.3) is 10.2 Å². The maximum Gasteiger partial charge on any atom is 0.260 e. The van der Waals surface area contributed by atoms with Gasteiger partial charge in [-0.1, -0.05) is 17.4 Å². The zero-order valence-electron chi connectivity index (χ0n) is 16.4. The molecule has 0 bridgehead atoms. The lowest BCUT2D eigenvalue weighted by molar-refractivity contribution is 0.0985. The fourth-order valence-electron chi connectivity index (χ4n) is 2.95. The molecule has 0 spiro atoms. The smallest absolute Gasteiger partial charge is 0.260 e. The van der Waals surface area contributed by atoms with E-state index in [4.69, 9.17) is 4.98 Å². The van der Waals surface area contributed by atoms with Gasteiger partial charge in [-0.05, 0) is 75.7 Å². The predicted octanol–water partition coefficient (Wildman–Crippen LogP) is 4.84. The molecule has 0 unspecified atom stereocenters. The molecule has 0 saturated heterocycles. The fraction of sp³-hybridized carbons (Fsp3) is 0.333. The molecule has 6 heteroatoms. The zero-order chi connectivity index (χ0) is 19.6. The standard InChI is InChI=1S/C21H25N3OS2/c1-14-12-15(2)19-18(13-14)22-21(27-19)24(11-10-23(3)4)20(25)16-6-8-17(26-5)9-7-16/h6-9,12-13H,10-11H2,1-5H3. The Morgan fingerprint density at radius 1 is 1.11 bits per heavy atom. The van der Waals surface area contributed by atoms with E-state index >= 15 is 0 Å². The summed E-state index contributed by atoms with van der Waals surface area (Å²) >= 11 is 3.27. The van der Waals surface area contributed by atoms with Crippen LogP contribution in [0.3, 0.4) is 0 Å². The van der Waals surface area contributed by atoms with Gasteiger partial charge in [-0.25, -0.2) is 4.98 Å². The number of carbonyl (C=O) groups is 1. The highest BCUT2D eigenvalue weighted by Crippen LogP contribution is 2.33. The van der Waals surface area contributed by atoms with E-state index in [1.54, 1.807) is 23.1 Å². The van der Waals surface area contributed by atoms with E-state index in [1.165, 1.54) is 11.1 Å². The summed E-state index contributed by atoms with van der Waals surface area (Å²) in [6.07, 6.45) is 2.03. The molecule has 0 N–H and O–H groups in total. The topological polar surface area (TPSA) is 36.4 Å². The lowest BCUT2D eigenvalue weighted by Crippen LogP contribution is -2.36. The van der Waals surface area contributed by atoms with E-state index in [2.05, 4.69) is 30.9 Å². The summed E-state index contributed by atoms with van der Waals surface area (Å²) in [6.45, 7) is 5.56. The third-order valence-electron chi connectivity index (χ3n) is 4.39. The summed E-state index contributed by atoms with van der Waals surface area (Å²) < 4.78 is 1.15. The molecule has 2 aromatic carbocycles. The first-order valence-corrected chi connectivity index (χ1v) is 10.9. The van der Waals surface area contributed by atoms with Crippen molar-refractivity contribution in [1.82, 2.24) is 9.88 Å². The number of anilines is 1. The zero-order valence-corrected chi connectivity index (χ0v) is 18.1. The number of carbonyl (C=O) groups excluding carboxylic acids is 1. The van der Waals surface area contributed by atoms with Gasteiger partial charge in [0.1, 0.15) is 0 Å². The molecule has 0 fully saturated rings. The van der Waals surface area contributed by atoms with Gasteiger partial charge in [0.05, 0.1) is 10.2 Å². The Morgan fingerprint density at radius 3 is 2.44 bits per heavy atom. The maximum atomic E-state index is 13.3. The van der Waals surface area contributed by atoms with Crippen LogP contribution in [0.2, 0.25) is 0 Å². The van der Waals surface area contributed by atoms with E-state index in [-0.39, 0.29) is 5.91 Å². The Bertz CT molecular complexity index is 948. The van der Waals surface area contributed by atoms with Gasteiger partial charge in [0.2, 0.25) is 0 Å². The molecule has 3 aromatic rings. The van der Waals surface area contributed by atoms with Crippen LogP contribution in [0, 0.1) is 13.8 Å². The van der Waals surface area contributed by atoms with Crippen molar-refractivity contribution in [2.24, 2.45) is 0 Å². The molecular formula is C21H25N3OS2. The summed E-state index contributed by atoms with van der Waals surface area (Å²) in [5, 5.41) is 0.763. The summed E-state index contributed by atoms with van der Waals surface area (Å²) in [5.41, 5.74) is 4.06. The lowest BCUT2D eigenvalue weighted by Gasteiger charge is -2.22. The SMILES string of the molecule is CSc1ccc(C(=O)N(CCN(C)C)c2nc3cc(C)cc(C)c3s2)cc1. The minimum atomic E-state index is -0.00191. The molecule has 1 heterocycles. The van der Waals surface area contributed by atoms with Gasteiger partial charge in [0.15, 0.2) is 5.13 Å². The first-order chi connectivity index (χ1) is 12.9. The number of amides is 1. The van der Waals surface area contributed by atoms with Crippen LogP contribution in [-0.4, -0.2) is 49.2 Å². The summed E-state index contributed by atoms with van der Waals surface area (Å²) in [7, 11) is 4.03. The molecule has 1 aromatic heterocycles. The Hall–Kier alpha value is -1.89. The number of thioether (sulfide) groups is 1. The highest BCUT2D eigenvalue weighted by Gasteiger charge is 2.22. The number of aromatic nitrogens is 1. The summed E-state index contributed by atoms with van der Waals surface area (Å²) in [5.74, 6) is -0.00191. The van der Waals surface area contributed by atoms with Crippen molar-refractivity contribution >= 4 is 44.4 Å². The molecule has 3 rings (SSSR count). The number of nitrogens with zero attached hydrogens (tertiary/aromatic N) is 3. The van der Waals surface area contributed by atoms with Gasteiger partial charge in [-0.3, -0.25) is 9.69 Å². The van der Waals surface area contributed by atoms with Crippen LogP contribution in [0.1, 0.15) is 21.5 Å². The minimum Gasteiger partial charge on any atom is -0.308 e. The Balaban J connectivity index is 1.99. The molecule has 0 saturated carbocycles. The van der Waals surface area contributed by atoms with Crippen molar-refractivity contribution in [1.29, 1.82) is 0 Å². The van der Waals surface area contributed by atoms with Gasteiger partial charge in [-0.2, -0.15) is 0 Å². The first-order valence-electron chi connectivity index (χ1n) is 8.87. The molecule has 0 atom stereocenters. The van der Waals surface area contributed by atoms with Crippen LogP contribution in [0.5, 0.6) is 0 Å². The Labute approximate surface area is 169 Å². The van der Waals surface area contributed by atoms with E-state index in [1.807, 2.05) is 49.5 Å². The number of hydrogen-bond donors (Lipinski definition) is 0. The Morgan fingerprint density at radius 2 is 1.81 bits per heavy atom. The molecule has 0 aliphatic heterocycles. The van der Waals surface area contributed by atoms with Gasteiger partial charge in [-0.15, -0.1) is 11.8 Å². The molecule has 0 radical (unpaired) electrons. The number of thiazole rings is 1. The fourth-order valence-corrected chi connectivity index (χ4v) is 4.40. The first kappa shape index (κ1) is 19.9. The highest BCUT2D eigenvalue weighted by atomic mass is 32.2. The van der Waals surface area contributed by atoms with Crippen molar-refractivity contribution in [3.63, 3.8) is 0 Å². The second-order valence-electron chi connectivity index (χ2n) is 6.92. The van der Waals surface area contributed by atoms with Crippen LogP contribution in [0.4, 0.5) is 5.13 Å². The monoisotopic (exact) mass is 399 g/mol. The van der Waals surface area contributed by atoms with Gasteiger partial charge in [0, 0.05) is 23.5 Å². The quantitative estimate of drug-likeness (QED) is 0.556. The van der Waals surface area contributed by atoms with Crippen LogP contribution < -0.4 is 4.90 Å². The second-order valence-corrected chi connectivity index (χ2v) is 8.77. The number of fused-ring (bicyclic) bond motifs is 1. The van der Waals surface area contributed by atoms with Gasteiger partial charge >= 0.3 is 0 Å². The lowest BCUT2D eigenvalue weighted by atomic mass is 10.1. The van der Waals surface area contributed by atoms with Crippen molar-refractivity contribution < 1.29 is 4.79 Å². The van der Waals surface area contributed by atoms with Crippen LogP contribution in [-0.2, 0) is 0 Å². The second kappa shape index (κ2) is 8.42. The van der Waals surface area contributed by atoms with E-state index in [9.17, 15) is 4.79 Å². The predicted molar refractivity (Wildman–Crippen MR) is 118 cm³/mol. The molecule has 27 heavy (non-hydrogen) atoms. The minimum absolute atomic E-state index is 0.00191. The number of benzene rings is 2. The molecule has 142 valence electrons. The molecule has 4 nitrogen and oxygen atoms in total. The molecule has 1 amide bonds.